The minimum absolute atomic E-state index is 0.0789. The van der Waals surface area contributed by atoms with E-state index in [9.17, 15) is 14.0 Å². The van der Waals surface area contributed by atoms with Crippen LogP contribution < -0.4 is 20.2 Å². The molecule has 0 aliphatic carbocycles. The summed E-state index contributed by atoms with van der Waals surface area (Å²) in [6, 6.07) is 11.1. The largest absolute Gasteiger partial charge is 0.493 e. The molecular weight excluding hydrogens is 365 g/mol. The second-order valence-electron chi connectivity index (χ2n) is 5.66. The van der Waals surface area contributed by atoms with Gasteiger partial charge in [-0.3, -0.25) is 9.59 Å². The van der Waals surface area contributed by atoms with Gasteiger partial charge in [-0.1, -0.05) is 12.1 Å². The molecule has 0 unspecified atom stereocenters. The number of ether oxygens (including phenoxy) is 2. The number of hydrogen-bond donors (Lipinski definition) is 2. The van der Waals surface area contributed by atoms with E-state index in [4.69, 9.17) is 9.47 Å². The fourth-order valence-corrected chi connectivity index (χ4v) is 2.28. The van der Waals surface area contributed by atoms with Gasteiger partial charge >= 0.3 is 0 Å². The zero-order valence-corrected chi connectivity index (χ0v) is 15.7. The molecule has 28 heavy (non-hydrogen) atoms. The van der Waals surface area contributed by atoms with Crippen LogP contribution >= 0.6 is 0 Å². The summed E-state index contributed by atoms with van der Waals surface area (Å²) in [7, 11) is 1.55. The fourth-order valence-electron chi connectivity index (χ4n) is 2.28. The van der Waals surface area contributed by atoms with Crippen LogP contribution in [0.5, 0.6) is 11.5 Å². The van der Waals surface area contributed by atoms with E-state index in [1.54, 1.807) is 31.4 Å². The number of halogens is 1. The van der Waals surface area contributed by atoms with Gasteiger partial charge in [-0.05, 0) is 42.8 Å². The van der Waals surface area contributed by atoms with E-state index in [0.29, 0.717) is 23.7 Å². The zero-order chi connectivity index (χ0) is 20.4. The number of carbonyl (C=O) groups excluding carboxylic acids is 2. The summed E-state index contributed by atoms with van der Waals surface area (Å²) in [6.07, 6.45) is 1.29. The summed E-state index contributed by atoms with van der Waals surface area (Å²) < 4.78 is 24.1. The average Bonchev–Trinajstić information content (AvgIpc) is 2.69. The summed E-state index contributed by atoms with van der Waals surface area (Å²) in [6.45, 7) is 2.35. The van der Waals surface area contributed by atoms with Crippen molar-refractivity contribution in [2.45, 2.75) is 19.8 Å². The van der Waals surface area contributed by atoms with Crippen LogP contribution in [0.15, 0.2) is 47.6 Å². The van der Waals surface area contributed by atoms with Gasteiger partial charge in [-0.2, -0.15) is 5.10 Å². The summed E-state index contributed by atoms with van der Waals surface area (Å²) >= 11 is 0. The second-order valence-corrected chi connectivity index (χ2v) is 5.66. The van der Waals surface area contributed by atoms with Gasteiger partial charge in [0.05, 0.1) is 25.6 Å². The molecule has 0 aliphatic heterocycles. The number of carbonyl (C=O) groups is 2. The molecule has 0 saturated heterocycles. The molecular formula is C20H22FN3O4. The molecule has 2 N–H and O–H groups in total. The maximum Gasteiger partial charge on any atom is 0.240 e. The van der Waals surface area contributed by atoms with Crippen LogP contribution in [0.4, 0.5) is 10.1 Å². The lowest BCUT2D eigenvalue weighted by Crippen LogP contribution is -2.21. The van der Waals surface area contributed by atoms with Crippen LogP contribution in [0, 0.1) is 5.82 Å². The van der Waals surface area contributed by atoms with Crippen molar-refractivity contribution < 1.29 is 23.5 Å². The van der Waals surface area contributed by atoms with Crippen LogP contribution in [0.25, 0.3) is 0 Å². The van der Waals surface area contributed by atoms with Gasteiger partial charge in [-0.15, -0.1) is 0 Å². The number of hydrogen-bond acceptors (Lipinski definition) is 5. The monoisotopic (exact) mass is 387 g/mol. The van der Waals surface area contributed by atoms with Crippen molar-refractivity contribution in [1.29, 1.82) is 0 Å². The van der Waals surface area contributed by atoms with Crippen molar-refractivity contribution in [3.8, 4) is 11.5 Å². The molecule has 8 heteroatoms. The van der Waals surface area contributed by atoms with Gasteiger partial charge < -0.3 is 14.8 Å². The number of amides is 2. The van der Waals surface area contributed by atoms with Crippen LogP contribution in [0.3, 0.4) is 0 Å². The number of nitrogens with zero attached hydrogens (tertiary/aromatic N) is 1. The molecule has 2 aromatic carbocycles. The number of nitrogens with one attached hydrogen (secondary N) is 2. The number of rotatable bonds is 9. The minimum atomic E-state index is -0.532. The smallest absolute Gasteiger partial charge is 0.240 e. The number of para-hydroxylation sites is 1. The predicted molar refractivity (Wildman–Crippen MR) is 104 cm³/mol. The summed E-state index contributed by atoms with van der Waals surface area (Å²) in [5.41, 5.74) is 3.14. The Kier molecular flexibility index (Phi) is 7.95. The lowest BCUT2D eigenvalue weighted by Gasteiger charge is -2.09. The summed E-state index contributed by atoms with van der Waals surface area (Å²) in [4.78, 5) is 23.6. The van der Waals surface area contributed by atoms with Gasteiger partial charge in [0, 0.05) is 12.8 Å². The first-order valence-electron chi connectivity index (χ1n) is 8.70. The topological polar surface area (TPSA) is 89.0 Å². The molecule has 2 aromatic rings. The number of hydrazone groups is 1. The molecule has 2 amide bonds. The Labute approximate surface area is 162 Å². The standard InChI is InChI=1S/C20H22FN3O4/c1-3-28-18-12-14(8-9-17(18)27-2)13-22-24-20(26)11-10-19(25)23-16-7-5-4-6-15(16)21/h4-9,12-13H,3,10-11H2,1-2H3,(H,23,25)(H,24,26). The first kappa shape index (κ1) is 20.9. The van der Waals surface area contributed by atoms with E-state index < -0.39 is 17.6 Å². The highest BCUT2D eigenvalue weighted by Gasteiger charge is 2.09. The Morgan fingerprint density at radius 2 is 1.86 bits per heavy atom. The molecule has 7 nitrogen and oxygen atoms in total. The average molecular weight is 387 g/mol. The molecule has 0 aliphatic rings. The first-order chi connectivity index (χ1) is 13.5. The third kappa shape index (κ3) is 6.39. The van der Waals surface area contributed by atoms with Crippen LogP contribution in [0.2, 0.25) is 0 Å². The van der Waals surface area contributed by atoms with Gasteiger partial charge in [-0.25, -0.2) is 9.82 Å². The van der Waals surface area contributed by atoms with Crippen molar-refractivity contribution >= 4 is 23.7 Å². The molecule has 0 heterocycles. The van der Waals surface area contributed by atoms with Crippen molar-refractivity contribution in [2.75, 3.05) is 19.0 Å². The fraction of sp³-hybridized carbons (Fsp3) is 0.250. The number of benzene rings is 2. The highest BCUT2D eigenvalue weighted by molar-refractivity contribution is 5.93. The van der Waals surface area contributed by atoms with Crippen LogP contribution in [0.1, 0.15) is 25.3 Å². The van der Waals surface area contributed by atoms with E-state index in [2.05, 4.69) is 15.8 Å². The SMILES string of the molecule is CCOc1cc(C=NNC(=O)CCC(=O)Nc2ccccc2F)ccc1OC. The van der Waals surface area contributed by atoms with E-state index in [1.165, 1.54) is 24.4 Å². The van der Waals surface area contributed by atoms with E-state index in [0.717, 1.165) is 0 Å². The maximum absolute atomic E-state index is 13.5. The lowest BCUT2D eigenvalue weighted by molar-refractivity contribution is -0.124. The van der Waals surface area contributed by atoms with E-state index >= 15 is 0 Å². The summed E-state index contributed by atoms with van der Waals surface area (Å²) in [5.74, 6) is -0.246. The molecule has 0 fully saturated rings. The molecule has 0 saturated carbocycles. The molecule has 148 valence electrons. The Balaban J connectivity index is 1.81. The highest BCUT2D eigenvalue weighted by Crippen LogP contribution is 2.27. The molecule has 0 aromatic heterocycles. The van der Waals surface area contributed by atoms with Crippen LogP contribution in [-0.4, -0.2) is 31.7 Å². The Morgan fingerprint density at radius 1 is 1.11 bits per heavy atom. The Hall–Kier alpha value is -3.42. The predicted octanol–water partition coefficient (Wildman–Crippen LogP) is 3.10. The molecule has 0 spiro atoms. The number of methoxy groups -OCH3 is 1. The van der Waals surface area contributed by atoms with Gasteiger partial charge in [0.2, 0.25) is 11.8 Å². The third-order valence-corrected chi connectivity index (χ3v) is 3.62. The van der Waals surface area contributed by atoms with Gasteiger partial charge in [0.1, 0.15) is 5.82 Å². The first-order valence-corrected chi connectivity index (χ1v) is 8.70. The zero-order valence-electron chi connectivity index (χ0n) is 15.7. The van der Waals surface area contributed by atoms with Gasteiger partial charge in [0.25, 0.3) is 0 Å². The highest BCUT2D eigenvalue weighted by atomic mass is 19.1. The van der Waals surface area contributed by atoms with E-state index in [1.807, 2.05) is 6.92 Å². The third-order valence-electron chi connectivity index (χ3n) is 3.62. The maximum atomic E-state index is 13.5. The number of anilines is 1. The van der Waals surface area contributed by atoms with Gasteiger partial charge in [0.15, 0.2) is 11.5 Å². The molecule has 0 radical (unpaired) electrons. The van der Waals surface area contributed by atoms with Crippen molar-refractivity contribution in [3.63, 3.8) is 0 Å². The van der Waals surface area contributed by atoms with Crippen molar-refractivity contribution in [1.82, 2.24) is 5.43 Å². The normalized spacial score (nSPS) is 10.5. The molecule has 0 bridgehead atoms. The van der Waals surface area contributed by atoms with Crippen molar-refractivity contribution in [2.24, 2.45) is 5.10 Å². The molecule has 0 atom stereocenters. The quantitative estimate of drug-likeness (QED) is 0.511. The second kappa shape index (κ2) is 10.7. The summed E-state index contributed by atoms with van der Waals surface area (Å²) in [5, 5.41) is 6.28. The van der Waals surface area contributed by atoms with Crippen LogP contribution in [-0.2, 0) is 9.59 Å². The van der Waals surface area contributed by atoms with E-state index in [-0.39, 0.29) is 18.5 Å². The Bertz CT molecular complexity index is 855. The molecule has 2 rings (SSSR count). The minimum Gasteiger partial charge on any atom is -0.493 e. The Morgan fingerprint density at radius 3 is 2.57 bits per heavy atom. The lowest BCUT2D eigenvalue weighted by atomic mass is 10.2. The van der Waals surface area contributed by atoms with Crippen molar-refractivity contribution in [3.05, 3.63) is 53.8 Å².